The fraction of sp³-hybridized carbons (Fsp3) is 0.951. The van der Waals surface area contributed by atoms with Crippen LogP contribution in [0, 0.1) is 0 Å². The average Bonchev–Trinajstić information content (AvgIpc) is 3.31. The molecule has 0 heterocycles. The molecule has 0 saturated heterocycles. The van der Waals surface area contributed by atoms with Crippen LogP contribution in [0.5, 0.6) is 0 Å². The van der Waals surface area contributed by atoms with Crippen LogP contribution >= 0.6 is 0 Å². The summed E-state index contributed by atoms with van der Waals surface area (Å²) in [5.74, 6) is -0.0236. The van der Waals surface area contributed by atoms with Gasteiger partial charge in [0.05, 0.1) is 18.8 Å². The third-order valence-corrected chi connectivity index (χ3v) is 14.5. The second-order valence-electron chi connectivity index (χ2n) is 21.1. The van der Waals surface area contributed by atoms with Gasteiger partial charge >= 0.3 is 0 Å². The Morgan fingerprint density at radius 2 is 0.585 bits per heavy atom. The summed E-state index contributed by atoms with van der Waals surface area (Å²) >= 11 is 0. The van der Waals surface area contributed by atoms with Gasteiger partial charge in [0.2, 0.25) is 5.91 Å². The van der Waals surface area contributed by atoms with E-state index < -0.39 is 12.1 Å². The highest BCUT2D eigenvalue weighted by atomic mass is 16.3. The molecule has 0 radical (unpaired) electrons. The molecule has 0 bridgehead atoms. The molecule has 65 heavy (non-hydrogen) atoms. The number of unbranched alkanes of at least 4 members (excludes halogenated alkanes) is 48. The minimum atomic E-state index is -0.657. The molecule has 0 aromatic carbocycles. The summed E-state index contributed by atoms with van der Waals surface area (Å²) in [7, 11) is 0. The Morgan fingerprint density at radius 3 is 0.846 bits per heavy atom. The number of rotatable bonds is 57. The Hall–Kier alpha value is -0.870. The van der Waals surface area contributed by atoms with Crippen LogP contribution in [0.3, 0.4) is 0 Å². The van der Waals surface area contributed by atoms with Crippen LogP contribution < -0.4 is 5.32 Å². The molecule has 4 nitrogen and oxygen atoms in total. The molecule has 0 aliphatic rings. The Morgan fingerprint density at radius 1 is 0.354 bits per heavy atom. The molecule has 0 aromatic rings. The maximum Gasteiger partial charge on any atom is 0.220 e. The van der Waals surface area contributed by atoms with E-state index in [1.807, 2.05) is 0 Å². The largest absolute Gasteiger partial charge is 0.394 e. The summed E-state index contributed by atoms with van der Waals surface area (Å²) in [5, 5.41) is 23.4. The van der Waals surface area contributed by atoms with Crippen molar-refractivity contribution >= 4 is 5.91 Å². The van der Waals surface area contributed by atoms with Crippen molar-refractivity contribution in [2.75, 3.05) is 6.61 Å². The van der Waals surface area contributed by atoms with Crippen LogP contribution in [0.25, 0.3) is 0 Å². The molecule has 0 aromatic heterocycles. The number of carbonyl (C=O) groups excluding carboxylic acids is 1. The summed E-state index contributed by atoms with van der Waals surface area (Å²) in [4.78, 5) is 12.5. The van der Waals surface area contributed by atoms with Gasteiger partial charge in [-0.3, -0.25) is 4.79 Å². The molecule has 3 N–H and O–H groups in total. The number of aliphatic hydroxyl groups is 2. The monoisotopic (exact) mass is 916 g/mol. The Balaban J connectivity index is 3.40. The molecule has 388 valence electrons. The van der Waals surface area contributed by atoms with E-state index in [1.54, 1.807) is 0 Å². The molecular formula is C61H121NO3. The SMILES string of the molecule is CCCCCCCCCCCCCC/C=C\CCCCCCCCCCCCCCCCC(=O)NC(CO)C(O)CCCCCCCCCCCCCCCCCCCCCCCCC. The van der Waals surface area contributed by atoms with Gasteiger partial charge in [-0.05, 0) is 38.5 Å². The van der Waals surface area contributed by atoms with Crippen LogP contribution in [0.1, 0.15) is 354 Å². The van der Waals surface area contributed by atoms with Crippen molar-refractivity contribution in [3.63, 3.8) is 0 Å². The number of amides is 1. The smallest absolute Gasteiger partial charge is 0.220 e. The van der Waals surface area contributed by atoms with Gasteiger partial charge in [-0.1, -0.05) is 321 Å². The predicted octanol–water partition coefficient (Wildman–Crippen LogP) is 20.1. The molecule has 0 saturated carbocycles. The van der Waals surface area contributed by atoms with E-state index in [0.717, 1.165) is 25.7 Å². The molecule has 1 amide bonds. The fourth-order valence-electron chi connectivity index (χ4n) is 9.89. The second-order valence-corrected chi connectivity index (χ2v) is 21.1. The predicted molar refractivity (Wildman–Crippen MR) is 290 cm³/mol. The second kappa shape index (κ2) is 57.4. The molecule has 2 unspecified atom stereocenters. The van der Waals surface area contributed by atoms with Gasteiger partial charge in [-0.2, -0.15) is 0 Å². The van der Waals surface area contributed by atoms with Gasteiger partial charge in [0.1, 0.15) is 0 Å². The molecule has 2 atom stereocenters. The van der Waals surface area contributed by atoms with E-state index in [0.29, 0.717) is 12.8 Å². The van der Waals surface area contributed by atoms with E-state index in [9.17, 15) is 15.0 Å². The number of hydrogen-bond donors (Lipinski definition) is 3. The zero-order valence-corrected chi connectivity index (χ0v) is 44.8. The summed E-state index contributed by atoms with van der Waals surface area (Å²) in [6.45, 7) is 4.41. The van der Waals surface area contributed by atoms with Crippen molar-refractivity contribution in [3.05, 3.63) is 12.2 Å². The molecule has 0 spiro atoms. The highest BCUT2D eigenvalue weighted by Gasteiger charge is 2.20. The summed E-state index contributed by atoms with van der Waals surface area (Å²) in [5.41, 5.74) is 0. The van der Waals surface area contributed by atoms with Crippen molar-refractivity contribution in [3.8, 4) is 0 Å². The first-order valence-corrected chi connectivity index (χ1v) is 30.4. The highest BCUT2D eigenvalue weighted by molar-refractivity contribution is 5.76. The first-order valence-electron chi connectivity index (χ1n) is 30.4. The summed E-state index contributed by atoms with van der Waals surface area (Å²) in [6, 6.07) is -0.534. The van der Waals surface area contributed by atoms with Crippen molar-refractivity contribution in [2.24, 2.45) is 0 Å². The van der Waals surface area contributed by atoms with E-state index >= 15 is 0 Å². The number of aliphatic hydroxyl groups excluding tert-OH is 2. The Labute approximate surface area is 409 Å². The third-order valence-electron chi connectivity index (χ3n) is 14.5. The molecule has 0 rings (SSSR count). The van der Waals surface area contributed by atoms with E-state index in [4.69, 9.17) is 0 Å². The van der Waals surface area contributed by atoms with Crippen LogP contribution in [0.2, 0.25) is 0 Å². The molecule has 0 aliphatic heterocycles. The van der Waals surface area contributed by atoms with E-state index in [2.05, 4.69) is 31.3 Å². The topological polar surface area (TPSA) is 69.6 Å². The molecule has 0 aliphatic carbocycles. The third kappa shape index (κ3) is 53.9. The Bertz CT molecular complexity index is 905. The zero-order valence-electron chi connectivity index (χ0n) is 44.8. The fourth-order valence-corrected chi connectivity index (χ4v) is 9.89. The minimum absolute atomic E-state index is 0.0236. The number of hydrogen-bond acceptors (Lipinski definition) is 3. The minimum Gasteiger partial charge on any atom is -0.394 e. The molecular weight excluding hydrogens is 795 g/mol. The maximum atomic E-state index is 12.5. The quantitative estimate of drug-likeness (QED) is 0.0421. The van der Waals surface area contributed by atoms with E-state index in [1.165, 1.54) is 302 Å². The van der Waals surface area contributed by atoms with Crippen LogP contribution in [0.4, 0.5) is 0 Å². The maximum absolute atomic E-state index is 12.5. The lowest BCUT2D eigenvalue weighted by Gasteiger charge is -2.22. The lowest BCUT2D eigenvalue weighted by atomic mass is 10.0. The average molecular weight is 917 g/mol. The van der Waals surface area contributed by atoms with Crippen molar-refractivity contribution in [2.45, 2.75) is 366 Å². The van der Waals surface area contributed by atoms with Gasteiger partial charge in [0.25, 0.3) is 0 Å². The van der Waals surface area contributed by atoms with Gasteiger partial charge < -0.3 is 15.5 Å². The van der Waals surface area contributed by atoms with Crippen LogP contribution in [-0.2, 0) is 4.79 Å². The van der Waals surface area contributed by atoms with Crippen molar-refractivity contribution in [1.29, 1.82) is 0 Å². The van der Waals surface area contributed by atoms with Gasteiger partial charge in [-0.15, -0.1) is 0 Å². The number of nitrogens with one attached hydrogen (secondary N) is 1. The molecule has 4 heteroatoms. The number of allylic oxidation sites excluding steroid dienone is 2. The number of carbonyl (C=O) groups is 1. The summed E-state index contributed by atoms with van der Waals surface area (Å²) < 4.78 is 0. The lowest BCUT2D eigenvalue weighted by Crippen LogP contribution is -2.45. The van der Waals surface area contributed by atoms with Crippen molar-refractivity contribution in [1.82, 2.24) is 5.32 Å². The van der Waals surface area contributed by atoms with Gasteiger partial charge in [-0.25, -0.2) is 0 Å². The lowest BCUT2D eigenvalue weighted by molar-refractivity contribution is -0.123. The van der Waals surface area contributed by atoms with Crippen molar-refractivity contribution < 1.29 is 15.0 Å². The van der Waals surface area contributed by atoms with Gasteiger partial charge in [0, 0.05) is 6.42 Å². The first kappa shape index (κ1) is 64.1. The van der Waals surface area contributed by atoms with E-state index in [-0.39, 0.29) is 12.5 Å². The Kier molecular flexibility index (Phi) is 56.7. The highest BCUT2D eigenvalue weighted by Crippen LogP contribution is 2.18. The molecule has 0 fully saturated rings. The normalized spacial score (nSPS) is 12.7. The standard InChI is InChI=1S/C61H121NO3/c1-3-5-7-9-11-13-15-17-19-21-23-25-27-28-29-30-31-32-33-35-37-39-41-43-45-47-49-51-53-55-57-61(65)62-59(58-63)60(64)56-54-52-50-48-46-44-42-40-38-36-34-26-24-22-20-18-16-14-12-10-8-6-4-2/h28-29,59-60,63-64H,3-27,30-58H2,1-2H3,(H,62,65)/b29-28-. The van der Waals surface area contributed by atoms with Crippen LogP contribution in [0.15, 0.2) is 12.2 Å². The first-order chi connectivity index (χ1) is 32.2. The van der Waals surface area contributed by atoms with Crippen LogP contribution in [-0.4, -0.2) is 34.9 Å². The summed E-state index contributed by atoms with van der Waals surface area (Å²) in [6.07, 6.45) is 75.1. The zero-order chi connectivity index (χ0) is 47.0. The van der Waals surface area contributed by atoms with Gasteiger partial charge in [0.15, 0.2) is 0 Å².